The Bertz CT molecular complexity index is 199. The molecule has 1 aliphatic rings. The first-order valence-electron chi connectivity index (χ1n) is 2.75. The van der Waals surface area contributed by atoms with E-state index in [0.717, 1.165) is 0 Å². The lowest BCUT2D eigenvalue weighted by atomic mass is 10.3. The van der Waals surface area contributed by atoms with Crippen molar-refractivity contribution in [3.63, 3.8) is 0 Å². The summed E-state index contributed by atoms with van der Waals surface area (Å²) in [6.07, 6.45) is -0.297. The Kier molecular flexibility index (Phi) is 1.44. The minimum Gasteiger partial charge on any atom is -0.394 e. The molecule has 0 aromatic carbocycles. The SMILES string of the molecule is CC1CC([N+](=O)[O-])=[N+]([O-])O1. The monoisotopic (exact) mass is 146 g/mol. The van der Waals surface area contributed by atoms with Gasteiger partial charge in [-0.15, -0.1) is 0 Å². The smallest absolute Gasteiger partial charge is 0.394 e. The summed E-state index contributed by atoms with van der Waals surface area (Å²) in [7, 11) is 0. The molecule has 6 heteroatoms. The van der Waals surface area contributed by atoms with Gasteiger partial charge in [-0.3, -0.25) is 15.3 Å². The average molecular weight is 146 g/mol. The number of nitro groups is 1. The molecule has 0 fully saturated rings. The van der Waals surface area contributed by atoms with Crippen molar-refractivity contribution in [3.05, 3.63) is 15.3 Å². The molecule has 0 radical (unpaired) electrons. The fourth-order valence-corrected chi connectivity index (χ4v) is 0.734. The van der Waals surface area contributed by atoms with Crippen molar-refractivity contribution in [1.82, 2.24) is 0 Å². The third-order valence-corrected chi connectivity index (χ3v) is 1.17. The van der Waals surface area contributed by atoms with Crippen LogP contribution in [0.25, 0.3) is 0 Å². The molecule has 0 N–H and O–H groups in total. The topological polar surface area (TPSA) is 78.4 Å². The van der Waals surface area contributed by atoms with Crippen LogP contribution < -0.4 is 0 Å². The van der Waals surface area contributed by atoms with E-state index in [1.165, 1.54) is 0 Å². The average Bonchev–Trinajstić information content (AvgIpc) is 2.10. The summed E-state index contributed by atoms with van der Waals surface area (Å²) in [5.41, 5.74) is 0. The second-order valence-electron chi connectivity index (χ2n) is 2.05. The molecule has 1 rings (SSSR count). The largest absolute Gasteiger partial charge is 0.533 e. The highest BCUT2D eigenvalue weighted by atomic mass is 16.9. The van der Waals surface area contributed by atoms with Crippen LogP contribution in [-0.4, -0.2) is 21.8 Å². The zero-order valence-corrected chi connectivity index (χ0v) is 5.31. The highest BCUT2D eigenvalue weighted by molar-refractivity contribution is 5.69. The van der Waals surface area contributed by atoms with Gasteiger partial charge in [-0.25, -0.2) is 0 Å². The molecule has 6 nitrogen and oxygen atoms in total. The van der Waals surface area contributed by atoms with Crippen molar-refractivity contribution in [1.29, 1.82) is 0 Å². The van der Waals surface area contributed by atoms with E-state index < -0.39 is 10.8 Å². The zero-order chi connectivity index (χ0) is 7.72. The first-order chi connectivity index (χ1) is 4.61. The van der Waals surface area contributed by atoms with Gasteiger partial charge in [0.1, 0.15) is 16.2 Å². The van der Waals surface area contributed by atoms with Crippen molar-refractivity contribution in [2.24, 2.45) is 0 Å². The second-order valence-corrected chi connectivity index (χ2v) is 2.05. The summed E-state index contributed by atoms with van der Waals surface area (Å²) in [5.74, 6) is -0.424. The molecular formula is C4H6N2O4. The third kappa shape index (κ3) is 0.996. The van der Waals surface area contributed by atoms with E-state index in [9.17, 15) is 15.3 Å². The summed E-state index contributed by atoms with van der Waals surface area (Å²) < 4.78 is 0. The number of amidine groups is 1. The van der Waals surface area contributed by atoms with Gasteiger partial charge in [0, 0.05) is 0 Å². The molecule has 0 spiro atoms. The van der Waals surface area contributed by atoms with Gasteiger partial charge < -0.3 is 4.84 Å². The van der Waals surface area contributed by atoms with Gasteiger partial charge in [-0.2, -0.15) is 0 Å². The summed E-state index contributed by atoms with van der Waals surface area (Å²) in [4.78, 5) is 13.7. The number of hydrogen-bond donors (Lipinski definition) is 0. The van der Waals surface area contributed by atoms with Crippen LogP contribution in [0.2, 0.25) is 0 Å². The van der Waals surface area contributed by atoms with Crippen molar-refractivity contribution in [2.75, 3.05) is 0 Å². The lowest BCUT2D eigenvalue weighted by Crippen LogP contribution is -2.16. The summed E-state index contributed by atoms with van der Waals surface area (Å²) in [6.45, 7) is 1.60. The lowest BCUT2D eigenvalue weighted by Gasteiger charge is -1.98. The molecule has 0 saturated heterocycles. The maximum absolute atomic E-state index is 10.4. The van der Waals surface area contributed by atoms with E-state index in [4.69, 9.17) is 0 Å². The number of hydrogen-bond acceptors (Lipinski definition) is 4. The quantitative estimate of drug-likeness (QED) is 0.271. The van der Waals surface area contributed by atoms with E-state index in [-0.39, 0.29) is 17.4 Å². The van der Waals surface area contributed by atoms with Crippen LogP contribution in [-0.2, 0) is 4.84 Å². The molecule has 0 saturated carbocycles. The van der Waals surface area contributed by atoms with Crippen LogP contribution in [0.3, 0.4) is 0 Å². The Morgan fingerprint density at radius 2 is 2.50 bits per heavy atom. The van der Waals surface area contributed by atoms with Crippen LogP contribution in [0.1, 0.15) is 13.3 Å². The van der Waals surface area contributed by atoms with E-state index in [1.54, 1.807) is 6.92 Å². The minimum absolute atomic E-state index is 0.0370. The standard InChI is InChI=1S/C4H6N2O4/c1-3-2-4(5(7)8)6(9)10-3/h3H,2H2,1H3. The Labute approximate surface area is 56.4 Å². The molecule has 56 valence electrons. The van der Waals surface area contributed by atoms with Crippen LogP contribution >= 0.6 is 0 Å². The predicted molar refractivity (Wildman–Crippen MR) is 30.8 cm³/mol. The Morgan fingerprint density at radius 1 is 1.90 bits per heavy atom. The molecule has 1 atom stereocenters. The fourth-order valence-electron chi connectivity index (χ4n) is 0.734. The normalized spacial score (nSPS) is 24.7. The summed E-state index contributed by atoms with van der Waals surface area (Å²) in [6, 6.07) is 0. The van der Waals surface area contributed by atoms with Gasteiger partial charge in [-0.1, -0.05) is 0 Å². The molecule has 0 amide bonds. The molecular weight excluding hydrogens is 140 g/mol. The summed E-state index contributed by atoms with van der Waals surface area (Å²) >= 11 is 0. The fraction of sp³-hybridized carbons (Fsp3) is 0.750. The molecule has 0 aromatic heterocycles. The predicted octanol–water partition coefficient (Wildman–Crippen LogP) is -0.104. The Morgan fingerprint density at radius 3 is 2.70 bits per heavy atom. The highest BCUT2D eigenvalue weighted by Crippen LogP contribution is 2.08. The minimum atomic E-state index is -0.726. The first kappa shape index (κ1) is 6.79. The Balaban J connectivity index is 2.76. The molecule has 0 aromatic rings. The van der Waals surface area contributed by atoms with Gasteiger partial charge >= 0.3 is 5.84 Å². The van der Waals surface area contributed by atoms with Crippen LogP contribution in [0.4, 0.5) is 0 Å². The lowest BCUT2D eigenvalue weighted by molar-refractivity contribution is -0.755. The molecule has 1 aliphatic heterocycles. The molecule has 1 heterocycles. The van der Waals surface area contributed by atoms with Gasteiger partial charge in [0.2, 0.25) is 0 Å². The second kappa shape index (κ2) is 2.13. The van der Waals surface area contributed by atoms with E-state index in [1.807, 2.05) is 0 Å². The summed E-state index contributed by atoms with van der Waals surface area (Å²) in [5, 5.41) is 20.4. The number of rotatable bonds is 0. The van der Waals surface area contributed by atoms with Gasteiger partial charge in [-0.05, 0) is 6.92 Å². The van der Waals surface area contributed by atoms with Gasteiger partial charge in [0.25, 0.3) is 0 Å². The van der Waals surface area contributed by atoms with Crippen molar-refractivity contribution in [2.45, 2.75) is 19.4 Å². The van der Waals surface area contributed by atoms with E-state index in [0.29, 0.717) is 0 Å². The number of nitrogens with zero attached hydrogens (tertiary/aromatic N) is 2. The maximum Gasteiger partial charge on any atom is 0.533 e. The molecule has 10 heavy (non-hydrogen) atoms. The van der Waals surface area contributed by atoms with Crippen molar-refractivity contribution in [3.8, 4) is 0 Å². The van der Waals surface area contributed by atoms with Crippen molar-refractivity contribution >= 4 is 5.84 Å². The molecule has 0 aliphatic carbocycles. The molecule has 0 bridgehead atoms. The van der Waals surface area contributed by atoms with Crippen molar-refractivity contribution < 1.29 is 14.7 Å². The van der Waals surface area contributed by atoms with Gasteiger partial charge in [0.05, 0.1) is 6.10 Å². The maximum atomic E-state index is 10.4. The third-order valence-electron chi connectivity index (χ3n) is 1.17. The first-order valence-corrected chi connectivity index (χ1v) is 2.75. The van der Waals surface area contributed by atoms with E-state index >= 15 is 0 Å². The van der Waals surface area contributed by atoms with Crippen LogP contribution in [0.5, 0.6) is 0 Å². The Hall–Kier alpha value is -1.33. The van der Waals surface area contributed by atoms with Crippen LogP contribution in [0, 0.1) is 15.3 Å². The zero-order valence-electron chi connectivity index (χ0n) is 5.31. The highest BCUT2D eigenvalue weighted by Gasteiger charge is 2.35. The molecule has 1 unspecified atom stereocenters. The van der Waals surface area contributed by atoms with Gasteiger partial charge in [0.15, 0.2) is 0 Å². The van der Waals surface area contributed by atoms with E-state index in [2.05, 4.69) is 4.84 Å². The van der Waals surface area contributed by atoms with Crippen LogP contribution in [0.15, 0.2) is 0 Å².